The summed E-state index contributed by atoms with van der Waals surface area (Å²) >= 11 is 1.75. The van der Waals surface area contributed by atoms with Gasteiger partial charge in [-0.1, -0.05) is 0 Å². The van der Waals surface area contributed by atoms with Crippen LogP contribution in [0.4, 0.5) is 0 Å². The smallest absolute Gasteiger partial charge is 0.323 e. The largest absolute Gasteiger partial charge is 0.480 e. The predicted octanol–water partition coefficient (Wildman–Crippen LogP) is 2.55. The Morgan fingerprint density at radius 2 is 2.21 bits per heavy atom. The zero-order valence-corrected chi connectivity index (χ0v) is 11.9. The molecule has 1 aliphatic rings. The molecule has 0 radical (unpaired) electrons. The molecule has 1 fully saturated rings. The second-order valence-corrected chi connectivity index (χ2v) is 6.36. The van der Waals surface area contributed by atoms with Gasteiger partial charge in [0.1, 0.15) is 5.54 Å². The molecule has 0 bridgehead atoms. The highest BCUT2D eigenvalue weighted by atomic mass is 32.2. The molecule has 19 heavy (non-hydrogen) atoms. The highest BCUT2D eigenvalue weighted by Crippen LogP contribution is 2.26. The van der Waals surface area contributed by atoms with Crippen LogP contribution in [0.1, 0.15) is 32.6 Å². The highest BCUT2D eigenvalue weighted by molar-refractivity contribution is 7.99. The molecule has 5 heteroatoms. The van der Waals surface area contributed by atoms with Gasteiger partial charge in [-0.15, -0.1) is 11.8 Å². The molecule has 1 aliphatic carbocycles. The molecule has 1 heterocycles. The predicted molar refractivity (Wildman–Crippen MR) is 76.4 cm³/mol. The van der Waals surface area contributed by atoms with Gasteiger partial charge in [-0.05, 0) is 50.5 Å². The first kappa shape index (κ1) is 14.3. The van der Waals surface area contributed by atoms with E-state index in [4.69, 9.17) is 0 Å². The lowest BCUT2D eigenvalue weighted by molar-refractivity contribution is -0.144. The van der Waals surface area contributed by atoms with Crippen molar-refractivity contribution in [2.45, 2.75) is 49.1 Å². The third kappa shape index (κ3) is 4.51. The van der Waals surface area contributed by atoms with E-state index in [-0.39, 0.29) is 0 Å². The lowest BCUT2D eigenvalue weighted by Crippen LogP contribution is -2.50. The topological polar surface area (TPSA) is 62.2 Å². The van der Waals surface area contributed by atoms with Gasteiger partial charge in [0.15, 0.2) is 0 Å². The van der Waals surface area contributed by atoms with Crippen LogP contribution in [0, 0.1) is 0 Å². The van der Waals surface area contributed by atoms with Gasteiger partial charge in [-0.2, -0.15) is 0 Å². The summed E-state index contributed by atoms with van der Waals surface area (Å²) < 4.78 is 0. The lowest BCUT2D eigenvalue weighted by Gasteiger charge is -2.26. The van der Waals surface area contributed by atoms with Crippen LogP contribution in [-0.2, 0) is 4.79 Å². The molecule has 1 atom stereocenters. The van der Waals surface area contributed by atoms with E-state index in [2.05, 4.69) is 10.3 Å². The van der Waals surface area contributed by atoms with Crippen LogP contribution < -0.4 is 5.32 Å². The summed E-state index contributed by atoms with van der Waals surface area (Å²) in [5.74, 6) is 0.187. The molecule has 1 saturated carbocycles. The van der Waals surface area contributed by atoms with Crippen molar-refractivity contribution in [2.24, 2.45) is 0 Å². The maximum atomic E-state index is 11.4. The van der Waals surface area contributed by atoms with Crippen molar-refractivity contribution in [3.8, 4) is 0 Å². The average Bonchev–Trinajstić information content (AvgIpc) is 3.19. The Labute approximate surface area is 118 Å². The molecule has 0 spiro atoms. The summed E-state index contributed by atoms with van der Waals surface area (Å²) in [6, 6.07) is 4.36. The van der Waals surface area contributed by atoms with Crippen LogP contribution in [0.15, 0.2) is 29.4 Å². The number of aromatic nitrogens is 1. The number of nitrogens with zero attached hydrogens (tertiary/aromatic N) is 1. The summed E-state index contributed by atoms with van der Waals surface area (Å²) in [5, 5.41) is 12.6. The van der Waals surface area contributed by atoms with Gasteiger partial charge in [0.05, 0.1) is 0 Å². The minimum atomic E-state index is -0.778. The number of aliphatic carboxylic acids is 1. The third-order valence-electron chi connectivity index (χ3n) is 3.31. The van der Waals surface area contributed by atoms with Gasteiger partial charge in [-0.3, -0.25) is 15.1 Å². The molecule has 104 valence electrons. The first-order valence-corrected chi connectivity index (χ1v) is 7.63. The van der Waals surface area contributed by atoms with Crippen LogP contribution >= 0.6 is 11.8 Å². The van der Waals surface area contributed by atoms with Gasteiger partial charge >= 0.3 is 5.97 Å². The number of pyridine rings is 1. The quantitative estimate of drug-likeness (QED) is 0.566. The van der Waals surface area contributed by atoms with Crippen LogP contribution in [0.3, 0.4) is 0 Å². The number of carboxylic acid groups (broad SMARTS) is 1. The summed E-state index contributed by atoms with van der Waals surface area (Å²) in [4.78, 5) is 16.5. The second kappa shape index (κ2) is 6.39. The van der Waals surface area contributed by atoms with Crippen molar-refractivity contribution in [2.75, 3.05) is 5.75 Å². The molecular formula is C14H20N2O2S. The Morgan fingerprint density at radius 3 is 2.79 bits per heavy atom. The van der Waals surface area contributed by atoms with E-state index in [1.54, 1.807) is 31.1 Å². The van der Waals surface area contributed by atoms with E-state index in [1.807, 2.05) is 12.1 Å². The third-order valence-corrected chi connectivity index (χ3v) is 4.41. The first-order chi connectivity index (χ1) is 9.10. The van der Waals surface area contributed by atoms with Crippen LogP contribution in [0.2, 0.25) is 0 Å². The van der Waals surface area contributed by atoms with E-state index < -0.39 is 11.5 Å². The number of carboxylic acids is 1. The lowest BCUT2D eigenvalue weighted by atomic mass is 9.96. The van der Waals surface area contributed by atoms with Gasteiger partial charge in [0.2, 0.25) is 0 Å². The monoisotopic (exact) mass is 280 g/mol. The second-order valence-electron chi connectivity index (χ2n) is 5.19. The zero-order chi connectivity index (χ0) is 13.7. The standard InChI is InChI=1S/C14H20N2O2S/c1-14(13(17)18,16-11-3-4-11)7-2-10-19-12-5-8-15-9-6-12/h5-6,8-9,11,16H,2-4,7,10H2,1H3,(H,17,18). The molecular weight excluding hydrogens is 260 g/mol. The molecule has 2 rings (SSSR count). The van der Waals surface area contributed by atoms with Gasteiger partial charge in [-0.25, -0.2) is 0 Å². The number of carbonyl (C=O) groups is 1. The van der Waals surface area contributed by atoms with Crippen molar-refractivity contribution in [3.63, 3.8) is 0 Å². The minimum absolute atomic E-state index is 0.411. The van der Waals surface area contributed by atoms with Crippen LogP contribution in [-0.4, -0.2) is 33.4 Å². The van der Waals surface area contributed by atoms with E-state index in [0.717, 1.165) is 25.0 Å². The molecule has 0 aliphatic heterocycles. The molecule has 1 aromatic rings. The van der Waals surface area contributed by atoms with Gasteiger partial charge < -0.3 is 5.11 Å². The molecule has 0 aromatic carbocycles. The fourth-order valence-corrected chi connectivity index (χ4v) is 2.81. The van der Waals surface area contributed by atoms with Crippen LogP contribution in [0.25, 0.3) is 0 Å². The number of rotatable bonds is 8. The summed E-state index contributed by atoms with van der Waals surface area (Å²) in [6.45, 7) is 1.80. The Hall–Kier alpha value is -1.07. The van der Waals surface area contributed by atoms with E-state index in [0.29, 0.717) is 12.5 Å². The van der Waals surface area contributed by atoms with E-state index >= 15 is 0 Å². The fourth-order valence-electron chi connectivity index (χ4n) is 1.97. The average molecular weight is 280 g/mol. The molecule has 1 unspecified atom stereocenters. The van der Waals surface area contributed by atoms with Gasteiger partial charge in [0.25, 0.3) is 0 Å². The molecule has 4 nitrogen and oxygen atoms in total. The van der Waals surface area contributed by atoms with Crippen LogP contribution in [0.5, 0.6) is 0 Å². The Bertz CT molecular complexity index is 423. The minimum Gasteiger partial charge on any atom is -0.480 e. The zero-order valence-electron chi connectivity index (χ0n) is 11.1. The van der Waals surface area contributed by atoms with Gasteiger partial charge in [0, 0.05) is 23.3 Å². The Balaban J connectivity index is 1.74. The molecule has 0 saturated heterocycles. The maximum Gasteiger partial charge on any atom is 0.323 e. The fraction of sp³-hybridized carbons (Fsp3) is 0.571. The number of hydrogen-bond acceptors (Lipinski definition) is 4. The highest BCUT2D eigenvalue weighted by Gasteiger charge is 2.37. The van der Waals surface area contributed by atoms with E-state index in [1.165, 1.54) is 4.90 Å². The molecule has 0 amide bonds. The molecule has 1 aromatic heterocycles. The van der Waals surface area contributed by atoms with Crippen molar-refractivity contribution in [1.82, 2.24) is 10.3 Å². The van der Waals surface area contributed by atoms with Crippen molar-refractivity contribution < 1.29 is 9.90 Å². The maximum absolute atomic E-state index is 11.4. The Morgan fingerprint density at radius 1 is 1.53 bits per heavy atom. The number of hydrogen-bond donors (Lipinski definition) is 2. The summed E-state index contributed by atoms with van der Waals surface area (Å²) in [6.07, 6.45) is 7.31. The van der Waals surface area contributed by atoms with Crippen molar-refractivity contribution in [3.05, 3.63) is 24.5 Å². The number of nitrogens with one attached hydrogen (secondary N) is 1. The summed E-state index contributed by atoms with van der Waals surface area (Å²) in [7, 11) is 0. The number of thioether (sulfide) groups is 1. The van der Waals surface area contributed by atoms with Crippen molar-refractivity contribution in [1.29, 1.82) is 0 Å². The first-order valence-electron chi connectivity index (χ1n) is 6.64. The molecule has 2 N–H and O–H groups in total. The normalized spacial score (nSPS) is 17.9. The SMILES string of the molecule is CC(CCCSc1ccncc1)(NC1CC1)C(=O)O. The van der Waals surface area contributed by atoms with E-state index in [9.17, 15) is 9.90 Å². The van der Waals surface area contributed by atoms with Crippen molar-refractivity contribution >= 4 is 17.7 Å². The summed E-state index contributed by atoms with van der Waals surface area (Å²) in [5.41, 5.74) is -0.778. The Kier molecular flexibility index (Phi) is 4.82.